The fourth-order valence-electron chi connectivity index (χ4n) is 1.17. The van der Waals surface area contributed by atoms with Crippen LogP contribution in [0.1, 0.15) is 53.9 Å². The molecule has 0 aliphatic carbocycles. The van der Waals surface area contributed by atoms with Gasteiger partial charge in [-0.1, -0.05) is 20.8 Å². The number of carbonyl (C=O) groups excluding carboxylic acids is 1. The standard InChI is InChI=1S/C12H24O3/c1-6-10(4)15-11(13)8-9(3)12(5,14)7-2/h9-10,14H,6-8H2,1-5H3. The van der Waals surface area contributed by atoms with E-state index < -0.39 is 5.60 Å². The summed E-state index contributed by atoms with van der Waals surface area (Å²) in [4.78, 5) is 11.5. The Morgan fingerprint density at radius 1 is 1.40 bits per heavy atom. The van der Waals surface area contributed by atoms with Crippen LogP contribution in [0.4, 0.5) is 0 Å². The van der Waals surface area contributed by atoms with Crippen molar-refractivity contribution >= 4 is 5.97 Å². The molecule has 1 N–H and O–H groups in total. The van der Waals surface area contributed by atoms with E-state index in [1.54, 1.807) is 6.92 Å². The average Bonchev–Trinajstić information content (AvgIpc) is 2.17. The monoisotopic (exact) mass is 216 g/mol. The molecule has 0 saturated carbocycles. The molecular weight excluding hydrogens is 192 g/mol. The van der Waals surface area contributed by atoms with Gasteiger partial charge >= 0.3 is 5.97 Å². The fraction of sp³-hybridized carbons (Fsp3) is 0.917. The zero-order valence-corrected chi connectivity index (χ0v) is 10.5. The van der Waals surface area contributed by atoms with E-state index >= 15 is 0 Å². The highest BCUT2D eigenvalue weighted by Crippen LogP contribution is 2.24. The lowest BCUT2D eigenvalue weighted by atomic mass is 9.86. The molecule has 0 spiro atoms. The summed E-state index contributed by atoms with van der Waals surface area (Å²) in [5.74, 6) is -0.287. The lowest BCUT2D eigenvalue weighted by Gasteiger charge is -2.28. The Morgan fingerprint density at radius 2 is 1.93 bits per heavy atom. The van der Waals surface area contributed by atoms with Crippen molar-refractivity contribution in [2.24, 2.45) is 5.92 Å². The molecule has 0 aromatic carbocycles. The van der Waals surface area contributed by atoms with Gasteiger partial charge in [0.2, 0.25) is 0 Å². The first-order valence-electron chi connectivity index (χ1n) is 5.75. The van der Waals surface area contributed by atoms with Crippen molar-refractivity contribution in [1.29, 1.82) is 0 Å². The molecule has 0 heterocycles. The molecule has 0 radical (unpaired) electrons. The van der Waals surface area contributed by atoms with Gasteiger partial charge in [0.05, 0.1) is 18.1 Å². The van der Waals surface area contributed by atoms with Crippen molar-refractivity contribution in [2.75, 3.05) is 0 Å². The average molecular weight is 216 g/mol. The molecule has 15 heavy (non-hydrogen) atoms. The summed E-state index contributed by atoms with van der Waals surface area (Å²) < 4.78 is 5.16. The van der Waals surface area contributed by atoms with Crippen LogP contribution in [-0.2, 0) is 9.53 Å². The number of ether oxygens (including phenoxy) is 1. The van der Waals surface area contributed by atoms with Crippen LogP contribution in [0, 0.1) is 5.92 Å². The summed E-state index contributed by atoms with van der Waals surface area (Å²) in [6.45, 7) is 9.40. The second-order valence-electron chi connectivity index (χ2n) is 4.52. The van der Waals surface area contributed by atoms with Crippen molar-refractivity contribution in [2.45, 2.75) is 65.6 Å². The van der Waals surface area contributed by atoms with Gasteiger partial charge in [0.25, 0.3) is 0 Å². The highest BCUT2D eigenvalue weighted by molar-refractivity contribution is 5.70. The third kappa shape index (κ3) is 5.17. The van der Waals surface area contributed by atoms with Crippen LogP contribution >= 0.6 is 0 Å². The maximum atomic E-state index is 11.5. The molecule has 0 saturated heterocycles. The fourth-order valence-corrected chi connectivity index (χ4v) is 1.17. The molecule has 0 aromatic heterocycles. The van der Waals surface area contributed by atoms with E-state index in [0.717, 1.165) is 6.42 Å². The summed E-state index contributed by atoms with van der Waals surface area (Å²) in [5, 5.41) is 9.92. The number of esters is 1. The van der Waals surface area contributed by atoms with Gasteiger partial charge in [-0.05, 0) is 32.6 Å². The molecule has 0 aliphatic rings. The van der Waals surface area contributed by atoms with Crippen LogP contribution in [0.3, 0.4) is 0 Å². The van der Waals surface area contributed by atoms with Gasteiger partial charge < -0.3 is 9.84 Å². The van der Waals surface area contributed by atoms with Crippen LogP contribution < -0.4 is 0 Å². The Labute approximate surface area is 92.8 Å². The Kier molecular flexibility index (Phi) is 5.88. The summed E-state index contributed by atoms with van der Waals surface area (Å²) in [6, 6.07) is 0. The molecule has 0 fully saturated rings. The highest BCUT2D eigenvalue weighted by atomic mass is 16.5. The smallest absolute Gasteiger partial charge is 0.306 e. The maximum Gasteiger partial charge on any atom is 0.306 e. The zero-order valence-electron chi connectivity index (χ0n) is 10.5. The van der Waals surface area contributed by atoms with Crippen molar-refractivity contribution in [3.05, 3.63) is 0 Å². The van der Waals surface area contributed by atoms with Crippen molar-refractivity contribution < 1.29 is 14.6 Å². The van der Waals surface area contributed by atoms with E-state index in [9.17, 15) is 9.90 Å². The summed E-state index contributed by atoms with van der Waals surface area (Å²) in [5.41, 5.74) is -0.783. The summed E-state index contributed by atoms with van der Waals surface area (Å²) >= 11 is 0. The molecule has 0 amide bonds. The first-order valence-corrected chi connectivity index (χ1v) is 5.75. The minimum absolute atomic E-state index is 0.0312. The minimum atomic E-state index is -0.783. The van der Waals surface area contributed by atoms with Gasteiger partial charge in [-0.2, -0.15) is 0 Å². The molecule has 3 nitrogen and oxygen atoms in total. The topological polar surface area (TPSA) is 46.5 Å². The number of hydrogen-bond acceptors (Lipinski definition) is 3. The summed E-state index contributed by atoms with van der Waals surface area (Å²) in [6.07, 6.45) is 1.72. The molecule has 90 valence electrons. The molecule has 0 aromatic rings. The van der Waals surface area contributed by atoms with E-state index in [2.05, 4.69) is 0 Å². The minimum Gasteiger partial charge on any atom is -0.463 e. The lowest BCUT2D eigenvalue weighted by molar-refractivity contribution is -0.151. The molecule has 0 aliphatic heterocycles. The van der Waals surface area contributed by atoms with Crippen LogP contribution in [0.5, 0.6) is 0 Å². The second-order valence-corrected chi connectivity index (χ2v) is 4.52. The first kappa shape index (κ1) is 14.4. The van der Waals surface area contributed by atoms with Crippen molar-refractivity contribution in [3.63, 3.8) is 0 Å². The van der Waals surface area contributed by atoms with Gasteiger partial charge in [-0.3, -0.25) is 4.79 Å². The van der Waals surface area contributed by atoms with Gasteiger partial charge in [-0.25, -0.2) is 0 Å². The Morgan fingerprint density at radius 3 is 2.33 bits per heavy atom. The molecule has 3 heteroatoms. The van der Waals surface area contributed by atoms with Crippen molar-refractivity contribution in [1.82, 2.24) is 0 Å². The maximum absolute atomic E-state index is 11.5. The third-order valence-electron chi connectivity index (χ3n) is 3.16. The molecule has 0 bridgehead atoms. The summed E-state index contributed by atoms with van der Waals surface area (Å²) in [7, 11) is 0. The van der Waals surface area contributed by atoms with E-state index in [4.69, 9.17) is 4.74 Å². The van der Waals surface area contributed by atoms with Crippen molar-refractivity contribution in [3.8, 4) is 0 Å². The van der Waals surface area contributed by atoms with Crippen LogP contribution in [0.15, 0.2) is 0 Å². The van der Waals surface area contributed by atoms with Gasteiger partial charge in [0, 0.05) is 0 Å². The Bertz CT molecular complexity index is 199. The number of hydrogen-bond donors (Lipinski definition) is 1. The predicted octanol–water partition coefficient (Wildman–Crippen LogP) is 2.52. The second kappa shape index (κ2) is 6.11. The van der Waals surface area contributed by atoms with E-state index in [-0.39, 0.29) is 24.4 Å². The normalized spacial score (nSPS) is 19.1. The van der Waals surface area contributed by atoms with E-state index in [1.165, 1.54) is 0 Å². The third-order valence-corrected chi connectivity index (χ3v) is 3.16. The van der Waals surface area contributed by atoms with Gasteiger partial charge in [0.15, 0.2) is 0 Å². The SMILES string of the molecule is CCC(C)OC(=O)CC(C)C(C)(O)CC. The van der Waals surface area contributed by atoms with Crippen LogP contribution in [0.25, 0.3) is 0 Å². The molecule has 0 rings (SSSR count). The van der Waals surface area contributed by atoms with Gasteiger partial charge in [-0.15, -0.1) is 0 Å². The number of rotatable bonds is 6. The van der Waals surface area contributed by atoms with Crippen LogP contribution in [0.2, 0.25) is 0 Å². The molecular formula is C12H24O3. The number of carbonyl (C=O) groups is 1. The lowest BCUT2D eigenvalue weighted by Crippen LogP contribution is -2.34. The first-order chi connectivity index (χ1) is 6.83. The zero-order chi connectivity index (χ0) is 12.1. The van der Waals surface area contributed by atoms with Crippen LogP contribution in [-0.4, -0.2) is 22.8 Å². The van der Waals surface area contributed by atoms with E-state index in [1.807, 2.05) is 27.7 Å². The largest absolute Gasteiger partial charge is 0.463 e. The number of aliphatic hydroxyl groups is 1. The Balaban J connectivity index is 4.07. The predicted molar refractivity (Wildman–Crippen MR) is 60.5 cm³/mol. The molecule has 3 atom stereocenters. The van der Waals surface area contributed by atoms with Gasteiger partial charge in [0.1, 0.15) is 0 Å². The highest BCUT2D eigenvalue weighted by Gasteiger charge is 2.28. The quantitative estimate of drug-likeness (QED) is 0.694. The Hall–Kier alpha value is -0.570. The molecule has 3 unspecified atom stereocenters. The van der Waals surface area contributed by atoms with E-state index in [0.29, 0.717) is 6.42 Å².